The molecule has 0 amide bonds. The Balaban J connectivity index is 2.89. The normalized spacial score (nSPS) is 10.6. The van der Waals surface area contributed by atoms with Crippen molar-refractivity contribution in [3.63, 3.8) is 0 Å². The van der Waals surface area contributed by atoms with Gasteiger partial charge in [-0.15, -0.1) is 0 Å². The van der Waals surface area contributed by atoms with Crippen molar-refractivity contribution in [3.8, 4) is 5.75 Å². The Morgan fingerprint density at radius 2 is 1.50 bits per heavy atom. The summed E-state index contributed by atoms with van der Waals surface area (Å²) in [6.45, 7) is 4.59. The quantitative estimate of drug-likeness (QED) is 0.509. The Morgan fingerprint density at radius 3 is 1.92 bits per heavy atom. The van der Waals surface area contributed by atoms with E-state index in [0.717, 1.165) is 6.42 Å². The minimum Gasteiger partial charge on any atom is -0.486 e. The fraction of sp³-hybridized carbons (Fsp3) is 0.529. The smallest absolute Gasteiger partial charge is 0.323 e. The summed E-state index contributed by atoms with van der Waals surface area (Å²) in [5.41, 5.74) is 0.507. The molecule has 0 aliphatic heterocycles. The molecule has 0 aliphatic carbocycles. The van der Waals surface area contributed by atoms with Gasteiger partial charge in [-0.05, 0) is 38.0 Å². The molecule has 0 heterocycles. The number of rotatable bonds is 9. The van der Waals surface area contributed by atoms with E-state index in [0.29, 0.717) is 12.0 Å². The summed E-state index contributed by atoms with van der Waals surface area (Å²) in [6, 6.07) is 2.34. The molecule has 134 valence electrons. The number of ether oxygens (including phenoxy) is 3. The maximum absolute atomic E-state index is 14.0. The number of hydrogen-bond donors (Lipinski definition) is 0. The minimum absolute atomic E-state index is 0.0587. The van der Waals surface area contributed by atoms with Crippen molar-refractivity contribution in [2.45, 2.75) is 33.6 Å². The van der Waals surface area contributed by atoms with Gasteiger partial charge in [-0.3, -0.25) is 9.59 Å². The van der Waals surface area contributed by atoms with E-state index >= 15 is 0 Å². The molecule has 0 N–H and O–H groups in total. The van der Waals surface area contributed by atoms with Crippen LogP contribution < -0.4 is 4.74 Å². The molecule has 1 aromatic rings. The predicted octanol–water partition coefficient (Wildman–Crippen LogP) is 3.04. The SMILES string of the molecule is CCCc1cc(F)c(OCC(C(=O)OCC)C(=O)OCC)c(F)c1. The van der Waals surface area contributed by atoms with Crippen LogP contribution >= 0.6 is 0 Å². The van der Waals surface area contributed by atoms with E-state index in [1.807, 2.05) is 6.92 Å². The molecule has 0 fully saturated rings. The summed E-state index contributed by atoms with van der Waals surface area (Å²) in [4.78, 5) is 23.6. The van der Waals surface area contributed by atoms with Gasteiger partial charge in [-0.2, -0.15) is 0 Å². The Labute approximate surface area is 139 Å². The molecule has 1 rings (SSSR count). The van der Waals surface area contributed by atoms with Crippen LogP contribution in [0.3, 0.4) is 0 Å². The van der Waals surface area contributed by atoms with Crippen molar-refractivity contribution < 1.29 is 32.6 Å². The molecular weight excluding hydrogens is 322 g/mol. The van der Waals surface area contributed by atoms with Crippen LogP contribution in [0.1, 0.15) is 32.8 Å². The lowest BCUT2D eigenvalue weighted by Gasteiger charge is -2.16. The third kappa shape index (κ3) is 5.47. The van der Waals surface area contributed by atoms with Crippen molar-refractivity contribution >= 4 is 11.9 Å². The van der Waals surface area contributed by atoms with Gasteiger partial charge < -0.3 is 14.2 Å². The Morgan fingerprint density at radius 1 is 1.00 bits per heavy atom. The van der Waals surface area contributed by atoms with Crippen molar-refractivity contribution in [3.05, 3.63) is 29.3 Å². The molecule has 1 aromatic carbocycles. The van der Waals surface area contributed by atoms with Crippen molar-refractivity contribution in [2.24, 2.45) is 5.92 Å². The Bertz CT molecular complexity index is 533. The topological polar surface area (TPSA) is 61.8 Å². The van der Waals surface area contributed by atoms with Crippen LogP contribution in [0, 0.1) is 17.6 Å². The maximum atomic E-state index is 14.0. The second-order valence-corrected chi connectivity index (χ2v) is 5.01. The largest absolute Gasteiger partial charge is 0.486 e. The number of carbonyl (C=O) groups is 2. The first kappa shape index (κ1) is 19.9. The van der Waals surface area contributed by atoms with Crippen LogP contribution in [0.5, 0.6) is 5.75 Å². The van der Waals surface area contributed by atoms with Gasteiger partial charge in [0.15, 0.2) is 23.3 Å². The molecule has 5 nitrogen and oxygen atoms in total. The molecule has 24 heavy (non-hydrogen) atoms. The van der Waals surface area contributed by atoms with Crippen LogP contribution in [0.15, 0.2) is 12.1 Å². The highest BCUT2D eigenvalue weighted by atomic mass is 19.1. The lowest BCUT2D eigenvalue weighted by atomic mass is 10.1. The standard InChI is InChI=1S/C17H22F2O5/c1-4-7-11-8-13(18)15(14(19)9-11)24-10-12(16(20)22-5-2)17(21)23-6-3/h8-9,12H,4-7,10H2,1-3H3. The highest BCUT2D eigenvalue weighted by Gasteiger charge is 2.31. The molecule has 0 spiro atoms. The summed E-state index contributed by atoms with van der Waals surface area (Å²) in [7, 11) is 0. The van der Waals surface area contributed by atoms with Gasteiger partial charge in [-0.1, -0.05) is 13.3 Å². The van der Waals surface area contributed by atoms with E-state index in [1.165, 1.54) is 12.1 Å². The minimum atomic E-state index is -1.40. The fourth-order valence-corrected chi connectivity index (χ4v) is 2.07. The lowest BCUT2D eigenvalue weighted by molar-refractivity contribution is -0.163. The first-order valence-electron chi connectivity index (χ1n) is 7.88. The van der Waals surface area contributed by atoms with E-state index in [2.05, 4.69) is 0 Å². The van der Waals surface area contributed by atoms with Gasteiger partial charge in [0.2, 0.25) is 0 Å². The van der Waals surface area contributed by atoms with Gasteiger partial charge in [0, 0.05) is 0 Å². The van der Waals surface area contributed by atoms with Gasteiger partial charge in [0.1, 0.15) is 6.61 Å². The highest BCUT2D eigenvalue weighted by Crippen LogP contribution is 2.25. The average Bonchev–Trinajstić information content (AvgIpc) is 2.50. The summed E-state index contributed by atoms with van der Waals surface area (Å²) in [5, 5.41) is 0. The molecule has 0 aliphatic rings. The van der Waals surface area contributed by atoms with Gasteiger partial charge in [0.05, 0.1) is 13.2 Å². The first-order valence-corrected chi connectivity index (χ1v) is 7.88. The molecule has 7 heteroatoms. The van der Waals surface area contributed by atoms with Gasteiger partial charge in [-0.25, -0.2) is 8.78 Å². The molecule has 0 radical (unpaired) electrons. The van der Waals surface area contributed by atoms with E-state index in [4.69, 9.17) is 14.2 Å². The van der Waals surface area contributed by atoms with E-state index in [-0.39, 0.29) is 13.2 Å². The summed E-state index contributed by atoms with van der Waals surface area (Å²) < 4.78 is 42.5. The predicted molar refractivity (Wildman–Crippen MR) is 82.6 cm³/mol. The fourth-order valence-electron chi connectivity index (χ4n) is 2.07. The Kier molecular flexibility index (Phi) is 8.15. The molecule has 0 saturated heterocycles. The van der Waals surface area contributed by atoms with E-state index in [9.17, 15) is 18.4 Å². The third-order valence-electron chi connectivity index (χ3n) is 3.13. The summed E-state index contributed by atoms with van der Waals surface area (Å²) >= 11 is 0. The van der Waals surface area contributed by atoms with Crippen LogP contribution in [-0.2, 0) is 25.5 Å². The monoisotopic (exact) mass is 344 g/mol. The van der Waals surface area contributed by atoms with Crippen molar-refractivity contribution in [2.75, 3.05) is 19.8 Å². The zero-order valence-corrected chi connectivity index (χ0v) is 14.1. The number of aryl methyl sites for hydroxylation is 1. The zero-order valence-electron chi connectivity index (χ0n) is 14.1. The third-order valence-corrected chi connectivity index (χ3v) is 3.13. The van der Waals surface area contributed by atoms with Crippen molar-refractivity contribution in [1.29, 1.82) is 0 Å². The molecule has 0 bridgehead atoms. The second kappa shape index (κ2) is 9.85. The maximum Gasteiger partial charge on any atom is 0.323 e. The van der Waals surface area contributed by atoms with Crippen LogP contribution in [-0.4, -0.2) is 31.8 Å². The average molecular weight is 344 g/mol. The molecule has 0 aromatic heterocycles. The first-order chi connectivity index (χ1) is 11.4. The van der Waals surface area contributed by atoms with Crippen molar-refractivity contribution in [1.82, 2.24) is 0 Å². The van der Waals surface area contributed by atoms with Crippen LogP contribution in [0.2, 0.25) is 0 Å². The summed E-state index contributed by atoms with van der Waals surface area (Å²) in [5.74, 6) is -5.53. The van der Waals surface area contributed by atoms with Gasteiger partial charge in [0.25, 0.3) is 0 Å². The number of benzene rings is 1. The van der Waals surface area contributed by atoms with Crippen LogP contribution in [0.4, 0.5) is 8.78 Å². The highest BCUT2D eigenvalue weighted by molar-refractivity contribution is 5.95. The number of hydrogen-bond acceptors (Lipinski definition) is 5. The number of halogens is 2. The molecule has 0 saturated carbocycles. The second-order valence-electron chi connectivity index (χ2n) is 5.01. The number of esters is 2. The van der Waals surface area contributed by atoms with Gasteiger partial charge >= 0.3 is 11.9 Å². The van der Waals surface area contributed by atoms with E-state index in [1.54, 1.807) is 13.8 Å². The summed E-state index contributed by atoms with van der Waals surface area (Å²) in [6.07, 6.45) is 1.27. The lowest BCUT2D eigenvalue weighted by Crippen LogP contribution is -2.33. The molecular formula is C17H22F2O5. The molecule has 0 atom stereocenters. The Hall–Kier alpha value is -2.18. The van der Waals surface area contributed by atoms with E-state index < -0.39 is 41.8 Å². The zero-order chi connectivity index (χ0) is 18.1. The van der Waals surface area contributed by atoms with Crippen LogP contribution in [0.25, 0.3) is 0 Å². The molecule has 0 unspecified atom stereocenters. The number of carbonyl (C=O) groups excluding carboxylic acids is 2.